The number of amides is 1. The van der Waals surface area contributed by atoms with E-state index in [0.29, 0.717) is 16.5 Å². The molecule has 0 fully saturated rings. The molecule has 1 amide bonds. The summed E-state index contributed by atoms with van der Waals surface area (Å²) >= 11 is 5.81. The number of aryl methyl sites for hydroxylation is 1. The van der Waals surface area contributed by atoms with Crippen molar-refractivity contribution in [1.29, 1.82) is 0 Å². The molecular formula is C17H18ClNO2. The average molecular weight is 304 g/mol. The SMILES string of the molecule is CCc1cccc(O[C@H](C)C(=O)Nc2ccc(Cl)cc2)c1. The fraction of sp³-hybridized carbons (Fsp3) is 0.235. The third kappa shape index (κ3) is 4.50. The fourth-order valence-electron chi connectivity index (χ4n) is 1.87. The molecule has 0 bridgehead atoms. The van der Waals surface area contributed by atoms with Gasteiger partial charge in [-0.05, 0) is 55.3 Å². The molecule has 4 heteroatoms. The smallest absolute Gasteiger partial charge is 0.265 e. The summed E-state index contributed by atoms with van der Waals surface area (Å²) in [5, 5.41) is 3.43. The summed E-state index contributed by atoms with van der Waals surface area (Å²) in [6, 6.07) is 14.7. The van der Waals surface area contributed by atoms with Crippen molar-refractivity contribution in [2.24, 2.45) is 0 Å². The third-order valence-corrected chi connectivity index (χ3v) is 3.35. The van der Waals surface area contributed by atoms with Gasteiger partial charge in [-0.15, -0.1) is 0 Å². The van der Waals surface area contributed by atoms with E-state index >= 15 is 0 Å². The van der Waals surface area contributed by atoms with Crippen LogP contribution in [0.5, 0.6) is 5.75 Å². The van der Waals surface area contributed by atoms with Crippen molar-refractivity contribution >= 4 is 23.2 Å². The molecule has 2 aromatic rings. The largest absolute Gasteiger partial charge is 0.481 e. The van der Waals surface area contributed by atoms with E-state index in [1.807, 2.05) is 24.3 Å². The monoisotopic (exact) mass is 303 g/mol. The van der Waals surface area contributed by atoms with Gasteiger partial charge in [-0.2, -0.15) is 0 Å². The minimum Gasteiger partial charge on any atom is -0.481 e. The highest BCUT2D eigenvalue weighted by molar-refractivity contribution is 6.30. The zero-order valence-corrected chi connectivity index (χ0v) is 12.9. The van der Waals surface area contributed by atoms with Crippen LogP contribution in [0.2, 0.25) is 5.02 Å². The molecule has 110 valence electrons. The molecule has 0 unspecified atom stereocenters. The second-order valence-corrected chi connectivity index (χ2v) is 5.19. The highest BCUT2D eigenvalue weighted by Gasteiger charge is 2.14. The van der Waals surface area contributed by atoms with Crippen molar-refractivity contribution in [2.45, 2.75) is 26.4 Å². The number of carbonyl (C=O) groups is 1. The Hall–Kier alpha value is -2.00. The molecule has 0 radical (unpaired) electrons. The summed E-state index contributed by atoms with van der Waals surface area (Å²) in [6.45, 7) is 3.81. The number of halogens is 1. The number of anilines is 1. The highest BCUT2D eigenvalue weighted by atomic mass is 35.5. The van der Waals surface area contributed by atoms with E-state index in [2.05, 4.69) is 12.2 Å². The second-order valence-electron chi connectivity index (χ2n) is 4.76. The Morgan fingerprint density at radius 1 is 1.24 bits per heavy atom. The van der Waals surface area contributed by atoms with Gasteiger partial charge < -0.3 is 10.1 Å². The summed E-state index contributed by atoms with van der Waals surface area (Å²) < 4.78 is 5.68. The van der Waals surface area contributed by atoms with Crippen LogP contribution in [0.1, 0.15) is 19.4 Å². The van der Waals surface area contributed by atoms with Gasteiger partial charge in [0.25, 0.3) is 5.91 Å². The van der Waals surface area contributed by atoms with Crippen LogP contribution in [0.4, 0.5) is 5.69 Å². The zero-order valence-electron chi connectivity index (χ0n) is 12.1. The minimum atomic E-state index is -0.576. The number of nitrogens with one attached hydrogen (secondary N) is 1. The van der Waals surface area contributed by atoms with E-state index in [4.69, 9.17) is 16.3 Å². The molecule has 0 aromatic heterocycles. The van der Waals surface area contributed by atoms with Crippen LogP contribution in [0, 0.1) is 0 Å². The molecule has 0 saturated heterocycles. The average Bonchev–Trinajstić information content (AvgIpc) is 2.49. The Bertz CT molecular complexity index is 610. The third-order valence-electron chi connectivity index (χ3n) is 3.10. The van der Waals surface area contributed by atoms with Gasteiger partial charge >= 0.3 is 0 Å². The van der Waals surface area contributed by atoms with Crippen LogP contribution in [0.15, 0.2) is 48.5 Å². The summed E-state index contributed by atoms with van der Waals surface area (Å²) in [5.74, 6) is 0.507. The maximum atomic E-state index is 12.1. The Kier molecular flexibility index (Phi) is 5.23. The van der Waals surface area contributed by atoms with E-state index in [0.717, 1.165) is 6.42 Å². The van der Waals surface area contributed by atoms with Gasteiger partial charge in [0, 0.05) is 10.7 Å². The van der Waals surface area contributed by atoms with Gasteiger partial charge in [-0.25, -0.2) is 0 Å². The second kappa shape index (κ2) is 7.14. The van der Waals surface area contributed by atoms with Crippen LogP contribution in [0.3, 0.4) is 0 Å². The van der Waals surface area contributed by atoms with Gasteiger partial charge in [0.2, 0.25) is 0 Å². The van der Waals surface area contributed by atoms with Gasteiger partial charge in [-0.3, -0.25) is 4.79 Å². The Morgan fingerprint density at radius 2 is 1.95 bits per heavy atom. The summed E-state index contributed by atoms with van der Waals surface area (Å²) in [7, 11) is 0. The molecule has 0 spiro atoms. The van der Waals surface area contributed by atoms with Crippen LogP contribution >= 0.6 is 11.6 Å². The summed E-state index contributed by atoms with van der Waals surface area (Å²) in [4.78, 5) is 12.1. The molecule has 1 N–H and O–H groups in total. The van der Waals surface area contributed by atoms with Gasteiger partial charge in [0.05, 0.1) is 0 Å². The predicted molar refractivity (Wildman–Crippen MR) is 86.0 cm³/mol. The number of ether oxygens (including phenoxy) is 1. The number of benzene rings is 2. The molecule has 1 atom stereocenters. The molecule has 0 heterocycles. The van der Waals surface area contributed by atoms with Crippen LogP contribution in [0.25, 0.3) is 0 Å². The maximum Gasteiger partial charge on any atom is 0.265 e. The lowest BCUT2D eigenvalue weighted by Crippen LogP contribution is -2.30. The predicted octanol–water partition coefficient (Wildman–Crippen LogP) is 4.31. The summed E-state index contributed by atoms with van der Waals surface area (Å²) in [5.41, 5.74) is 1.87. The van der Waals surface area contributed by atoms with E-state index in [1.165, 1.54) is 5.56 Å². The van der Waals surface area contributed by atoms with Gasteiger partial charge in [-0.1, -0.05) is 30.7 Å². The lowest BCUT2D eigenvalue weighted by Gasteiger charge is -2.15. The van der Waals surface area contributed by atoms with E-state index < -0.39 is 6.10 Å². The number of carbonyl (C=O) groups excluding carboxylic acids is 1. The Balaban J connectivity index is 1.97. The van der Waals surface area contributed by atoms with Crippen LogP contribution in [-0.4, -0.2) is 12.0 Å². The van der Waals surface area contributed by atoms with Gasteiger partial charge in [0.15, 0.2) is 6.10 Å². The number of hydrogen-bond acceptors (Lipinski definition) is 2. The zero-order chi connectivity index (χ0) is 15.2. The maximum absolute atomic E-state index is 12.1. The molecule has 21 heavy (non-hydrogen) atoms. The number of rotatable bonds is 5. The molecular weight excluding hydrogens is 286 g/mol. The fourth-order valence-corrected chi connectivity index (χ4v) is 2.00. The molecule has 0 aliphatic rings. The Labute approximate surface area is 129 Å². The quantitative estimate of drug-likeness (QED) is 0.894. The molecule has 0 aliphatic heterocycles. The first-order valence-electron chi connectivity index (χ1n) is 6.90. The molecule has 0 saturated carbocycles. The number of hydrogen-bond donors (Lipinski definition) is 1. The first-order valence-corrected chi connectivity index (χ1v) is 7.28. The van der Waals surface area contributed by atoms with E-state index in [1.54, 1.807) is 31.2 Å². The van der Waals surface area contributed by atoms with Crippen molar-refractivity contribution in [1.82, 2.24) is 0 Å². The van der Waals surface area contributed by atoms with E-state index in [9.17, 15) is 4.79 Å². The van der Waals surface area contributed by atoms with Crippen LogP contribution in [-0.2, 0) is 11.2 Å². The first-order chi connectivity index (χ1) is 10.1. The lowest BCUT2D eigenvalue weighted by atomic mass is 10.2. The molecule has 3 nitrogen and oxygen atoms in total. The Morgan fingerprint density at radius 3 is 2.62 bits per heavy atom. The lowest BCUT2D eigenvalue weighted by molar-refractivity contribution is -0.122. The highest BCUT2D eigenvalue weighted by Crippen LogP contribution is 2.17. The molecule has 2 aromatic carbocycles. The van der Waals surface area contributed by atoms with Crippen LogP contribution < -0.4 is 10.1 Å². The normalized spacial score (nSPS) is 11.8. The van der Waals surface area contributed by atoms with Gasteiger partial charge in [0.1, 0.15) is 5.75 Å². The van der Waals surface area contributed by atoms with Crippen molar-refractivity contribution in [2.75, 3.05) is 5.32 Å². The molecule has 2 rings (SSSR count). The standard InChI is InChI=1S/C17H18ClNO2/c1-3-13-5-4-6-16(11-13)21-12(2)17(20)19-15-9-7-14(18)8-10-15/h4-12H,3H2,1-2H3,(H,19,20)/t12-/m1/s1. The van der Waals surface area contributed by atoms with Crippen molar-refractivity contribution in [3.05, 3.63) is 59.1 Å². The molecule has 0 aliphatic carbocycles. The topological polar surface area (TPSA) is 38.3 Å². The minimum absolute atomic E-state index is 0.195. The van der Waals surface area contributed by atoms with E-state index in [-0.39, 0.29) is 5.91 Å². The first kappa shape index (κ1) is 15.4. The van der Waals surface area contributed by atoms with Crippen molar-refractivity contribution < 1.29 is 9.53 Å². The van der Waals surface area contributed by atoms with Crippen molar-refractivity contribution in [3.8, 4) is 5.75 Å². The van der Waals surface area contributed by atoms with Crippen molar-refractivity contribution in [3.63, 3.8) is 0 Å². The summed E-state index contributed by atoms with van der Waals surface area (Å²) in [6.07, 6.45) is 0.357.